The van der Waals surface area contributed by atoms with Gasteiger partial charge in [-0.25, -0.2) is 8.78 Å². The zero-order valence-corrected chi connectivity index (χ0v) is 10.9. The van der Waals surface area contributed by atoms with Gasteiger partial charge in [-0.3, -0.25) is 0 Å². The van der Waals surface area contributed by atoms with E-state index in [-0.39, 0.29) is 11.1 Å². The molecule has 6 heteroatoms. The van der Waals surface area contributed by atoms with Crippen LogP contribution in [0.2, 0.25) is 0 Å². The Morgan fingerprint density at radius 2 is 2.06 bits per heavy atom. The van der Waals surface area contributed by atoms with Crippen LogP contribution in [0.15, 0.2) is 12.1 Å². The molecule has 0 unspecified atom stereocenters. The molecule has 3 nitrogen and oxygen atoms in total. The summed E-state index contributed by atoms with van der Waals surface area (Å²) >= 11 is 1.19. The molecule has 0 saturated carbocycles. The quantitative estimate of drug-likeness (QED) is 0.927. The van der Waals surface area contributed by atoms with E-state index < -0.39 is 11.6 Å². The average Bonchev–Trinajstić information content (AvgIpc) is 2.79. The van der Waals surface area contributed by atoms with Gasteiger partial charge in [0.25, 0.3) is 0 Å². The van der Waals surface area contributed by atoms with Crippen LogP contribution >= 0.6 is 11.5 Å². The summed E-state index contributed by atoms with van der Waals surface area (Å²) in [6.07, 6.45) is 0. The Labute approximate surface area is 108 Å². The van der Waals surface area contributed by atoms with Crippen LogP contribution in [0.4, 0.5) is 8.78 Å². The lowest BCUT2D eigenvalue weighted by Crippen LogP contribution is -2.11. The fourth-order valence-electron chi connectivity index (χ4n) is 1.60. The summed E-state index contributed by atoms with van der Waals surface area (Å²) in [6, 6.07) is 2.36. The Hall–Kier alpha value is -1.40. The van der Waals surface area contributed by atoms with Crippen molar-refractivity contribution in [2.24, 2.45) is 0 Å². The van der Waals surface area contributed by atoms with Crippen LogP contribution in [0, 0.1) is 18.6 Å². The Morgan fingerprint density at radius 1 is 1.28 bits per heavy atom. The fourth-order valence-corrected chi connectivity index (χ4v) is 2.22. The lowest BCUT2D eigenvalue weighted by molar-refractivity contribution is 0.594. The third-order valence-electron chi connectivity index (χ3n) is 2.59. The summed E-state index contributed by atoms with van der Waals surface area (Å²) in [4.78, 5) is 0.805. The Bertz CT molecular complexity index is 554. The highest BCUT2D eigenvalue weighted by Crippen LogP contribution is 2.28. The molecular weight excluding hydrogens is 256 g/mol. The van der Waals surface area contributed by atoms with Crippen molar-refractivity contribution < 1.29 is 8.78 Å². The summed E-state index contributed by atoms with van der Waals surface area (Å²) in [7, 11) is 0. The van der Waals surface area contributed by atoms with Crippen LogP contribution in [-0.4, -0.2) is 16.1 Å². The number of rotatable bonds is 4. The second-order valence-electron chi connectivity index (χ2n) is 3.91. The summed E-state index contributed by atoms with van der Waals surface area (Å²) in [6.45, 7) is 4.85. The number of nitrogens with zero attached hydrogens (tertiary/aromatic N) is 2. The summed E-state index contributed by atoms with van der Waals surface area (Å²) in [5, 5.41) is 7.01. The molecule has 0 aliphatic heterocycles. The molecule has 96 valence electrons. The lowest BCUT2D eigenvalue weighted by Gasteiger charge is -2.05. The Balaban J connectivity index is 2.42. The SMILES string of the molecule is CCNCc1snnc1-c1cc(F)c(C)cc1F. The molecule has 0 amide bonds. The van der Waals surface area contributed by atoms with Gasteiger partial charge in [-0.15, -0.1) is 5.10 Å². The molecule has 1 aromatic heterocycles. The molecule has 0 aliphatic rings. The first-order chi connectivity index (χ1) is 8.63. The van der Waals surface area contributed by atoms with Gasteiger partial charge in [-0.2, -0.15) is 0 Å². The van der Waals surface area contributed by atoms with Crippen LogP contribution < -0.4 is 5.32 Å². The normalized spacial score (nSPS) is 10.9. The van der Waals surface area contributed by atoms with Crippen molar-refractivity contribution in [2.45, 2.75) is 20.4 Å². The second kappa shape index (κ2) is 5.49. The van der Waals surface area contributed by atoms with Crippen LogP contribution in [0.5, 0.6) is 0 Å². The van der Waals surface area contributed by atoms with Crippen molar-refractivity contribution in [2.75, 3.05) is 6.54 Å². The molecule has 0 bridgehead atoms. The smallest absolute Gasteiger partial charge is 0.133 e. The topological polar surface area (TPSA) is 37.8 Å². The molecule has 0 spiro atoms. The molecule has 0 fully saturated rings. The standard InChI is InChI=1S/C12H13F2N3S/c1-3-15-6-11-12(16-17-18-11)8-5-9(13)7(2)4-10(8)14/h4-5,15H,3,6H2,1-2H3. The predicted octanol–water partition coefficient (Wildman–Crippen LogP) is 2.90. The molecule has 0 radical (unpaired) electrons. The minimum absolute atomic E-state index is 0.166. The molecule has 18 heavy (non-hydrogen) atoms. The maximum Gasteiger partial charge on any atom is 0.133 e. The van der Waals surface area contributed by atoms with Crippen molar-refractivity contribution in [3.05, 3.63) is 34.2 Å². The highest BCUT2D eigenvalue weighted by atomic mass is 32.1. The third-order valence-corrected chi connectivity index (χ3v) is 3.32. The molecule has 1 aromatic carbocycles. The molecule has 2 aromatic rings. The molecule has 0 aliphatic carbocycles. The van der Waals surface area contributed by atoms with E-state index in [1.165, 1.54) is 30.6 Å². The van der Waals surface area contributed by atoms with E-state index in [9.17, 15) is 8.78 Å². The first kappa shape index (κ1) is 13.0. The largest absolute Gasteiger partial charge is 0.312 e. The van der Waals surface area contributed by atoms with E-state index in [0.29, 0.717) is 12.2 Å². The number of hydrogen-bond donors (Lipinski definition) is 1. The van der Waals surface area contributed by atoms with E-state index in [2.05, 4.69) is 14.9 Å². The van der Waals surface area contributed by atoms with Crippen molar-refractivity contribution in [1.29, 1.82) is 0 Å². The summed E-state index contributed by atoms with van der Waals surface area (Å²) in [5.41, 5.74) is 0.866. The maximum absolute atomic E-state index is 13.8. The van der Waals surface area contributed by atoms with E-state index in [0.717, 1.165) is 11.4 Å². The number of halogens is 2. The van der Waals surface area contributed by atoms with Crippen molar-refractivity contribution in [3.63, 3.8) is 0 Å². The minimum Gasteiger partial charge on any atom is -0.312 e. The number of aromatic nitrogens is 2. The van der Waals surface area contributed by atoms with Crippen LogP contribution in [-0.2, 0) is 6.54 Å². The summed E-state index contributed by atoms with van der Waals surface area (Å²) in [5.74, 6) is -0.909. The van der Waals surface area contributed by atoms with Gasteiger partial charge in [0.2, 0.25) is 0 Å². The first-order valence-electron chi connectivity index (χ1n) is 5.61. The molecule has 2 rings (SSSR count). The van der Waals surface area contributed by atoms with E-state index >= 15 is 0 Å². The predicted molar refractivity (Wildman–Crippen MR) is 67.4 cm³/mol. The maximum atomic E-state index is 13.8. The highest BCUT2D eigenvalue weighted by molar-refractivity contribution is 7.05. The molecular formula is C12H13F2N3S. The first-order valence-corrected chi connectivity index (χ1v) is 6.38. The minimum atomic E-state index is -0.473. The fraction of sp³-hybridized carbons (Fsp3) is 0.333. The molecule has 1 heterocycles. The zero-order chi connectivity index (χ0) is 13.1. The van der Waals surface area contributed by atoms with Gasteiger partial charge in [0.05, 0.1) is 4.88 Å². The Morgan fingerprint density at radius 3 is 2.78 bits per heavy atom. The van der Waals surface area contributed by atoms with E-state index in [1.807, 2.05) is 6.92 Å². The summed E-state index contributed by atoms with van der Waals surface area (Å²) < 4.78 is 31.2. The zero-order valence-electron chi connectivity index (χ0n) is 10.1. The number of hydrogen-bond acceptors (Lipinski definition) is 4. The number of nitrogens with one attached hydrogen (secondary N) is 1. The number of benzene rings is 1. The van der Waals surface area contributed by atoms with Gasteiger partial charge in [0, 0.05) is 12.1 Å². The van der Waals surface area contributed by atoms with Crippen molar-refractivity contribution in [3.8, 4) is 11.3 Å². The van der Waals surface area contributed by atoms with Crippen LogP contribution in [0.25, 0.3) is 11.3 Å². The molecule has 0 atom stereocenters. The van der Waals surface area contributed by atoms with Gasteiger partial charge >= 0.3 is 0 Å². The van der Waals surface area contributed by atoms with E-state index in [4.69, 9.17) is 0 Å². The van der Waals surface area contributed by atoms with Gasteiger partial charge < -0.3 is 5.32 Å². The van der Waals surface area contributed by atoms with Gasteiger partial charge in [-0.1, -0.05) is 11.4 Å². The van der Waals surface area contributed by atoms with Crippen molar-refractivity contribution >= 4 is 11.5 Å². The number of aryl methyl sites for hydroxylation is 1. The van der Waals surface area contributed by atoms with Crippen molar-refractivity contribution in [1.82, 2.24) is 14.9 Å². The highest BCUT2D eigenvalue weighted by Gasteiger charge is 2.16. The molecule has 0 saturated heterocycles. The van der Waals surface area contributed by atoms with Gasteiger partial charge in [-0.05, 0) is 42.7 Å². The monoisotopic (exact) mass is 269 g/mol. The third kappa shape index (κ3) is 2.54. The lowest BCUT2D eigenvalue weighted by atomic mass is 10.1. The average molecular weight is 269 g/mol. The van der Waals surface area contributed by atoms with E-state index in [1.54, 1.807) is 0 Å². The second-order valence-corrected chi connectivity index (χ2v) is 4.74. The Kier molecular flexibility index (Phi) is 3.98. The van der Waals surface area contributed by atoms with Crippen LogP contribution in [0.1, 0.15) is 17.4 Å². The molecule has 1 N–H and O–H groups in total. The van der Waals surface area contributed by atoms with Gasteiger partial charge in [0.1, 0.15) is 17.3 Å². The van der Waals surface area contributed by atoms with Crippen LogP contribution in [0.3, 0.4) is 0 Å². The van der Waals surface area contributed by atoms with Gasteiger partial charge in [0.15, 0.2) is 0 Å².